The van der Waals surface area contributed by atoms with Gasteiger partial charge in [0, 0.05) is 6.42 Å². The van der Waals surface area contributed by atoms with E-state index in [2.05, 4.69) is 11.4 Å². The van der Waals surface area contributed by atoms with E-state index in [9.17, 15) is 4.79 Å². The predicted molar refractivity (Wildman–Crippen MR) is 73.1 cm³/mol. The van der Waals surface area contributed by atoms with Gasteiger partial charge in [-0.15, -0.1) is 0 Å². The van der Waals surface area contributed by atoms with Crippen molar-refractivity contribution in [3.05, 3.63) is 0 Å². The molecule has 4 aliphatic carbocycles. The van der Waals surface area contributed by atoms with Crippen molar-refractivity contribution in [2.24, 2.45) is 23.2 Å². The standard InChI is InChI=1S/C16H24N2O/c1-15(2,10-17)18-14(19)9-16-6-11-3-12(7-16)5-13(4-11)8-16/h11-13H,3-9H2,1-2H3,(H,18,19). The maximum absolute atomic E-state index is 12.2. The van der Waals surface area contributed by atoms with Crippen molar-refractivity contribution in [1.29, 1.82) is 5.26 Å². The molecule has 0 heterocycles. The maximum atomic E-state index is 12.2. The summed E-state index contributed by atoms with van der Waals surface area (Å²) in [6, 6.07) is 2.15. The number of nitrogens with zero attached hydrogens (tertiary/aromatic N) is 1. The first-order valence-electron chi connectivity index (χ1n) is 7.62. The summed E-state index contributed by atoms with van der Waals surface area (Å²) in [5.74, 6) is 2.71. The molecule has 1 amide bonds. The van der Waals surface area contributed by atoms with Gasteiger partial charge in [-0.3, -0.25) is 4.79 Å². The van der Waals surface area contributed by atoms with E-state index < -0.39 is 5.54 Å². The molecule has 0 spiro atoms. The molecule has 4 fully saturated rings. The number of nitriles is 1. The molecule has 4 rings (SSSR count). The average Bonchev–Trinajstić information content (AvgIpc) is 2.25. The van der Waals surface area contributed by atoms with E-state index in [1.807, 2.05) is 0 Å². The van der Waals surface area contributed by atoms with Crippen LogP contribution in [0.2, 0.25) is 0 Å². The topological polar surface area (TPSA) is 52.9 Å². The van der Waals surface area contributed by atoms with E-state index in [1.165, 1.54) is 38.5 Å². The lowest BCUT2D eigenvalue weighted by Crippen LogP contribution is -2.50. The summed E-state index contributed by atoms with van der Waals surface area (Å²) >= 11 is 0. The van der Waals surface area contributed by atoms with Gasteiger partial charge >= 0.3 is 0 Å². The Labute approximate surface area is 115 Å². The Hall–Kier alpha value is -1.04. The largest absolute Gasteiger partial charge is 0.338 e. The molecule has 0 atom stereocenters. The van der Waals surface area contributed by atoms with Gasteiger partial charge in [-0.2, -0.15) is 5.26 Å². The SMILES string of the molecule is CC(C)(C#N)NC(=O)CC12CC3CC(CC(C3)C1)C2. The van der Waals surface area contributed by atoms with Gasteiger partial charge in [0.15, 0.2) is 0 Å². The third-order valence-corrected chi connectivity index (χ3v) is 5.43. The summed E-state index contributed by atoms with van der Waals surface area (Å²) in [6.45, 7) is 3.54. The van der Waals surface area contributed by atoms with Gasteiger partial charge in [-0.05, 0) is 75.5 Å². The second-order valence-corrected chi connectivity index (χ2v) is 7.88. The minimum absolute atomic E-state index is 0.0773. The van der Waals surface area contributed by atoms with Gasteiger partial charge < -0.3 is 5.32 Å². The molecule has 3 nitrogen and oxygen atoms in total. The zero-order chi connectivity index (χ0) is 13.7. The first-order chi connectivity index (χ1) is 8.90. The van der Waals surface area contributed by atoms with Gasteiger partial charge in [-0.1, -0.05) is 0 Å². The van der Waals surface area contributed by atoms with Gasteiger partial charge in [-0.25, -0.2) is 0 Å². The van der Waals surface area contributed by atoms with Crippen LogP contribution in [0.5, 0.6) is 0 Å². The first-order valence-corrected chi connectivity index (χ1v) is 7.62. The van der Waals surface area contributed by atoms with Gasteiger partial charge in [0.2, 0.25) is 5.91 Å². The third kappa shape index (κ3) is 2.50. The molecular formula is C16H24N2O. The lowest BCUT2D eigenvalue weighted by Gasteiger charge is -2.56. The zero-order valence-corrected chi connectivity index (χ0v) is 12.0. The number of nitrogens with one attached hydrogen (secondary N) is 1. The van der Waals surface area contributed by atoms with Crippen LogP contribution in [0.25, 0.3) is 0 Å². The molecule has 0 aromatic rings. The number of carbonyl (C=O) groups is 1. The number of amides is 1. The molecule has 0 aromatic heterocycles. The smallest absolute Gasteiger partial charge is 0.221 e. The molecule has 4 bridgehead atoms. The molecule has 0 aromatic carbocycles. The van der Waals surface area contributed by atoms with Crippen LogP contribution in [-0.2, 0) is 4.79 Å². The Morgan fingerprint density at radius 3 is 2.11 bits per heavy atom. The number of rotatable bonds is 3. The number of hydrogen-bond donors (Lipinski definition) is 1. The van der Waals surface area contributed by atoms with E-state index in [0.717, 1.165) is 17.8 Å². The van der Waals surface area contributed by atoms with Crippen molar-refractivity contribution in [3.63, 3.8) is 0 Å². The molecule has 0 saturated heterocycles. The van der Waals surface area contributed by atoms with Crippen LogP contribution in [0.15, 0.2) is 0 Å². The number of hydrogen-bond acceptors (Lipinski definition) is 2. The summed E-state index contributed by atoms with van der Waals surface area (Å²) in [4.78, 5) is 12.2. The van der Waals surface area contributed by atoms with Crippen molar-refractivity contribution in [1.82, 2.24) is 5.32 Å². The molecule has 4 saturated carbocycles. The monoisotopic (exact) mass is 260 g/mol. The second kappa shape index (κ2) is 4.23. The third-order valence-electron chi connectivity index (χ3n) is 5.43. The van der Waals surface area contributed by atoms with Crippen LogP contribution >= 0.6 is 0 Å². The highest BCUT2D eigenvalue weighted by Gasteiger charge is 2.51. The molecule has 0 aliphatic heterocycles. The summed E-state index contributed by atoms with van der Waals surface area (Å²) in [6.07, 6.45) is 8.61. The first kappa shape index (κ1) is 13.0. The molecule has 1 N–H and O–H groups in total. The molecule has 0 radical (unpaired) electrons. The van der Waals surface area contributed by atoms with Crippen molar-refractivity contribution in [2.75, 3.05) is 0 Å². The van der Waals surface area contributed by atoms with Crippen LogP contribution < -0.4 is 5.32 Å². The Bertz CT molecular complexity index is 397. The fraction of sp³-hybridized carbons (Fsp3) is 0.875. The highest BCUT2D eigenvalue weighted by Crippen LogP contribution is 2.61. The lowest BCUT2D eigenvalue weighted by molar-refractivity contribution is -0.130. The van der Waals surface area contributed by atoms with Gasteiger partial charge in [0.1, 0.15) is 5.54 Å². The van der Waals surface area contributed by atoms with E-state index in [0.29, 0.717) is 6.42 Å². The van der Waals surface area contributed by atoms with Crippen LogP contribution in [0, 0.1) is 34.5 Å². The molecule has 104 valence electrons. The van der Waals surface area contributed by atoms with Gasteiger partial charge in [0.25, 0.3) is 0 Å². The van der Waals surface area contributed by atoms with E-state index in [4.69, 9.17) is 5.26 Å². The highest BCUT2D eigenvalue weighted by molar-refractivity contribution is 5.78. The van der Waals surface area contributed by atoms with Gasteiger partial charge in [0.05, 0.1) is 6.07 Å². The minimum atomic E-state index is -0.737. The van der Waals surface area contributed by atoms with Crippen LogP contribution in [0.4, 0.5) is 0 Å². The summed E-state index contributed by atoms with van der Waals surface area (Å²) in [5.41, 5.74) is -0.469. The maximum Gasteiger partial charge on any atom is 0.221 e. The van der Waals surface area contributed by atoms with Crippen LogP contribution in [-0.4, -0.2) is 11.4 Å². The highest BCUT2D eigenvalue weighted by atomic mass is 16.1. The van der Waals surface area contributed by atoms with E-state index in [-0.39, 0.29) is 11.3 Å². The zero-order valence-electron chi connectivity index (χ0n) is 12.0. The van der Waals surface area contributed by atoms with E-state index in [1.54, 1.807) is 13.8 Å². The number of carbonyl (C=O) groups excluding carboxylic acids is 1. The molecular weight excluding hydrogens is 236 g/mol. The summed E-state index contributed by atoms with van der Waals surface area (Å²) in [7, 11) is 0. The van der Waals surface area contributed by atoms with E-state index >= 15 is 0 Å². The van der Waals surface area contributed by atoms with Crippen molar-refractivity contribution in [3.8, 4) is 6.07 Å². The lowest BCUT2D eigenvalue weighted by atomic mass is 9.49. The van der Waals surface area contributed by atoms with Crippen LogP contribution in [0.1, 0.15) is 58.8 Å². The average molecular weight is 260 g/mol. The Kier molecular flexibility index (Phi) is 2.89. The fourth-order valence-corrected chi connectivity index (χ4v) is 5.27. The quantitative estimate of drug-likeness (QED) is 0.848. The molecule has 3 heteroatoms. The minimum Gasteiger partial charge on any atom is -0.338 e. The Morgan fingerprint density at radius 1 is 1.21 bits per heavy atom. The van der Waals surface area contributed by atoms with Crippen molar-refractivity contribution in [2.45, 2.75) is 64.3 Å². The Balaban J connectivity index is 1.67. The van der Waals surface area contributed by atoms with Crippen molar-refractivity contribution >= 4 is 5.91 Å². The van der Waals surface area contributed by atoms with Crippen molar-refractivity contribution < 1.29 is 4.79 Å². The Morgan fingerprint density at radius 2 is 1.68 bits per heavy atom. The molecule has 4 aliphatic rings. The molecule has 19 heavy (non-hydrogen) atoms. The fourth-order valence-electron chi connectivity index (χ4n) is 5.27. The van der Waals surface area contributed by atoms with Crippen LogP contribution in [0.3, 0.4) is 0 Å². The normalized spacial score (nSPS) is 39.9. The summed E-state index contributed by atoms with van der Waals surface area (Å²) < 4.78 is 0. The second-order valence-electron chi connectivity index (χ2n) is 7.88. The summed E-state index contributed by atoms with van der Waals surface area (Å²) in [5, 5.41) is 11.9. The molecule has 0 unspecified atom stereocenters. The predicted octanol–water partition coefficient (Wildman–Crippen LogP) is 3.01.